The molecule has 19 heavy (non-hydrogen) atoms. The molecule has 2 rings (SSSR count). The first-order valence-corrected chi connectivity index (χ1v) is 6.29. The van der Waals surface area contributed by atoms with Gasteiger partial charge in [0.05, 0.1) is 5.69 Å². The van der Waals surface area contributed by atoms with Gasteiger partial charge >= 0.3 is 0 Å². The fraction of sp³-hybridized carbons (Fsp3) is 0.267. The number of nitrogens with two attached hydrogens (primary N) is 1. The molecular weight excluding hydrogens is 240 g/mol. The second kappa shape index (κ2) is 6.87. The van der Waals surface area contributed by atoms with E-state index in [1.165, 1.54) is 0 Å². The zero-order valence-electron chi connectivity index (χ0n) is 10.7. The van der Waals surface area contributed by atoms with Gasteiger partial charge in [0.2, 0.25) is 0 Å². The first-order chi connectivity index (χ1) is 9.33. The number of hydrogen-bond acceptors (Lipinski definition) is 4. The monoisotopic (exact) mass is 258 g/mol. The minimum absolute atomic E-state index is 0.118. The SMILES string of the molecule is NCc1cc(COc2ccccc2CCO)ccn1. The van der Waals surface area contributed by atoms with Crippen molar-refractivity contribution in [1.82, 2.24) is 4.98 Å². The van der Waals surface area contributed by atoms with Crippen LogP contribution in [-0.4, -0.2) is 16.7 Å². The molecule has 0 aliphatic carbocycles. The van der Waals surface area contributed by atoms with E-state index in [0.29, 0.717) is 19.6 Å². The van der Waals surface area contributed by atoms with E-state index in [-0.39, 0.29) is 6.61 Å². The Morgan fingerprint density at radius 1 is 1.21 bits per heavy atom. The third-order valence-electron chi connectivity index (χ3n) is 2.84. The highest BCUT2D eigenvalue weighted by Crippen LogP contribution is 2.19. The summed E-state index contributed by atoms with van der Waals surface area (Å²) in [6, 6.07) is 11.6. The lowest BCUT2D eigenvalue weighted by molar-refractivity contribution is 0.284. The van der Waals surface area contributed by atoms with Gasteiger partial charge in [-0.05, 0) is 35.7 Å². The predicted octanol–water partition coefficient (Wildman–Crippen LogP) is 1.65. The summed E-state index contributed by atoms with van der Waals surface area (Å²) in [5.41, 5.74) is 8.46. The number of aromatic nitrogens is 1. The summed E-state index contributed by atoms with van der Waals surface area (Å²) in [5, 5.41) is 9.02. The Kier molecular flexibility index (Phi) is 4.89. The minimum Gasteiger partial charge on any atom is -0.489 e. The van der Waals surface area contributed by atoms with Crippen LogP contribution in [0, 0.1) is 0 Å². The first-order valence-electron chi connectivity index (χ1n) is 6.29. The van der Waals surface area contributed by atoms with Crippen molar-refractivity contribution in [2.45, 2.75) is 19.6 Å². The van der Waals surface area contributed by atoms with Gasteiger partial charge in [-0.15, -0.1) is 0 Å². The lowest BCUT2D eigenvalue weighted by atomic mass is 10.1. The Hall–Kier alpha value is -1.91. The van der Waals surface area contributed by atoms with Gasteiger partial charge in [-0.1, -0.05) is 18.2 Å². The van der Waals surface area contributed by atoms with Crippen molar-refractivity contribution in [3.05, 3.63) is 59.4 Å². The van der Waals surface area contributed by atoms with Crippen molar-refractivity contribution in [3.63, 3.8) is 0 Å². The number of aliphatic hydroxyl groups is 1. The standard InChI is InChI=1S/C15H18N2O2/c16-10-14-9-12(5-7-17-14)11-19-15-4-2-1-3-13(15)6-8-18/h1-5,7,9,18H,6,8,10-11,16H2. The first kappa shape index (κ1) is 13.5. The van der Waals surface area contributed by atoms with Gasteiger partial charge in [0.25, 0.3) is 0 Å². The molecule has 1 heterocycles. The normalized spacial score (nSPS) is 10.4. The van der Waals surface area contributed by atoms with E-state index in [1.807, 2.05) is 36.4 Å². The van der Waals surface area contributed by atoms with Crippen LogP contribution in [0.15, 0.2) is 42.6 Å². The van der Waals surface area contributed by atoms with Crippen LogP contribution in [0.1, 0.15) is 16.8 Å². The van der Waals surface area contributed by atoms with Crippen molar-refractivity contribution >= 4 is 0 Å². The third-order valence-corrected chi connectivity index (χ3v) is 2.84. The topological polar surface area (TPSA) is 68.4 Å². The second-order valence-electron chi connectivity index (χ2n) is 4.23. The van der Waals surface area contributed by atoms with E-state index in [4.69, 9.17) is 15.6 Å². The second-order valence-corrected chi connectivity index (χ2v) is 4.23. The molecule has 100 valence electrons. The number of ether oxygens (including phenoxy) is 1. The average Bonchev–Trinajstić information content (AvgIpc) is 2.47. The maximum absolute atomic E-state index is 9.02. The van der Waals surface area contributed by atoms with Crippen LogP contribution in [-0.2, 0) is 19.6 Å². The molecular formula is C15H18N2O2. The zero-order valence-corrected chi connectivity index (χ0v) is 10.7. The molecule has 0 spiro atoms. The highest BCUT2D eigenvalue weighted by Gasteiger charge is 2.03. The Morgan fingerprint density at radius 2 is 2.05 bits per heavy atom. The molecule has 0 amide bonds. The van der Waals surface area contributed by atoms with Crippen molar-refractivity contribution in [3.8, 4) is 5.75 Å². The molecule has 0 aliphatic rings. The van der Waals surface area contributed by atoms with Crippen LogP contribution in [0.5, 0.6) is 5.75 Å². The highest BCUT2D eigenvalue weighted by molar-refractivity contribution is 5.33. The number of rotatable bonds is 6. The summed E-state index contributed by atoms with van der Waals surface area (Å²) in [6.45, 7) is 1.01. The number of benzene rings is 1. The van der Waals surface area contributed by atoms with Gasteiger partial charge in [0, 0.05) is 19.3 Å². The molecule has 0 aliphatic heterocycles. The molecule has 4 heteroatoms. The number of aliphatic hydroxyl groups excluding tert-OH is 1. The smallest absolute Gasteiger partial charge is 0.123 e. The molecule has 3 N–H and O–H groups in total. The van der Waals surface area contributed by atoms with E-state index in [0.717, 1.165) is 22.6 Å². The van der Waals surface area contributed by atoms with E-state index in [1.54, 1.807) is 6.20 Å². The fourth-order valence-corrected chi connectivity index (χ4v) is 1.86. The summed E-state index contributed by atoms with van der Waals surface area (Å²) < 4.78 is 5.80. The maximum Gasteiger partial charge on any atom is 0.123 e. The molecule has 0 saturated heterocycles. The Bertz CT molecular complexity index is 529. The summed E-state index contributed by atoms with van der Waals surface area (Å²) in [5.74, 6) is 0.808. The molecule has 4 nitrogen and oxygen atoms in total. The Balaban J connectivity index is 2.05. The zero-order chi connectivity index (χ0) is 13.5. The average molecular weight is 258 g/mol. The summed E-state index contributed by atoms with van der Waals surface area (Å²) in [4.78, 5) is 4.15. The molecule has 0 radical (unpaired) electrons. The Morgan fingerprint density at radius 3 is 2.84 bits per heavy atom. The lowest BCUT2D eigenvalue weighted by Gasteiger charge is -2.11. The molecule has 0 saturated carbocycles. The van der Waals surface area contributed by atoms with Crippen LogP contribution < -0.4 is 10.5 Å². The predicted molar refractivity (Wildman–Crippen MR) is 73.7 cm³/mol. The Labute approximate surface area is 112 Å². The largest absolute Gasteiger partial charge is 0.489 e. The number of pyridine rings is 1. The molecule has 0 unspecified atom stereocenters. The summed E-state index contributed by atoms with van der Waals surface area (Å²) in [6.07, 6.45) is 2.33. The van der Waals surface area contributed by atoms with E-state index >= 15 is 0 Å². The van der Waals surface area contributed by atoms with Gasteiger partial charge in [-0.2, -0.15) is 0 Å². The highest BCUT2D eigenvalue weighted by atomic mass is 16.5. The van der Waals surface area contributed by atoms with Crippen molar-refractivity contribution in [1.29, 1.82) is 0 Å². The van der Waals surface area contributed by atoms with Gasteiger partial charge < -0.3 is 15.6 Å². The van der Waals surface area contributed by atoms with Crippen LogP contribution in [0.2, 0.25) is 0 Å². The van der Waals surface area contributed by atoms with Gasteiger partial charge in [-0.25, -0.2) is 0 Å². The third kappa shape index (κ3) is 3.77. The van der Waals surface area contributed by atoms with Gasteiger partial charge in [0.1, 0.15) is 12.4 Å². The van der Waals surface area contributed by atoms with E-state index < -0.39 is 0 Å². The number of para-hydroxylation sites is 1. The van der Waals surface area contributed by atoms with E-state index in [2.05, 4.69) is 4.98 Å². The van der Waals surface area contributed by atoms with Crippen LogP contribution in [0.25, 0.3) is 0 Å². The molecule has 1 aromatic heterocycles. The molecule has 0 bridgehead atoms. The minimum atomic E-state index is 0.118. The van der Waals surface area contributed by atoms with Crippen molar-refractivity contribution in [2.75, 3.05) is 6.61 Å². The van der Waals surface area contributed by atoms with Crippen LogP contribution in [0.3, 0.4) is 0 Å². The van der Waals surface area contributed by atoms with Crippen molar-refractivity contribution < 1.29 is 9.84 Å². The van der Waals surface area contributed by atoms with Crippen LogP contribution >= 0.6 is 0 Å². The fourth-order valence-electron chi connectivity index (χ4n) is 1.86. The summed E-state index contributed by atoms with van der Waals surface area (Å²) in [7, 11) is 0. The van der Waals surface area contributed by atoms with Crippen molar-refractivity contribution in [2.24, 2.45) is 5.73 Å². The van der Waals surface area contributed by atoms with Gasteiger partial charge in [-0.3, -0.25) is 4.98 Å². The van der Waals surface area contributed by atoms with E-state index in [9.17, 15) is 0 Å². The molecule has 0 atom stereocenters. The number of hydrogen-bond donors (Lipinski definition) is 2. The number of nitrogens with zero attached hydrogens (tertiary/aromatic N) is 1. The van der Waals surface area contributed by atoms with Gasteiger partial charge in [0.15, 0.2) is 0 Å². The maximum atomic E-state index is 9.02. The van der Waals surface area contributed by atoms with Crippen LogP contribution in [0.4, 0.5) is 0 Å². The lowest BCUT2D eigenvalue weighted by Crippen LogP contribution is -2.03. The molecule has 2 aromatic rings. The molecule has 0 fully saturated rings. The quantitative estimate of drug-likeness (QED) is 0.826. The molecule has 1 aromatic carbocycles. The summed E-state index contributed by atoms with van der Waals surface area (Å²) >= 11 is 0.